The fraction of sp³-hybridized carbons (Fsp3) is 0.500. The van der Waals surface area contributed by atoms with Crippen molar-refractivity contribution in [2.75, 3.05) is 26.2 Å². The maximum absolute atomic E-state index is 15.7. The molecule has 0 radical (unpaired) electrons. The molecule has 2 atom stereocenters. The number of nitrogens with zero attached hydrogens (tertiary/aromatic N) is 2. The fourth-order valence-electron chi connectivity index (χ4n) is 5.70. The fourth-order valence-corrected chi connectivity index (χ4v) is 5.70. The van der Waals surface area contributed by atoms with Gasteiger partial charge in [0, 0.05) is 60.0 Å². The van der Waals surface area contributed by atoms with E-state index in [2.05, 4.69) is 48.5 Å². The molecule has 3 aromatic rings. The summed E-state index contributed by atoms with van der Waals surface area (Å²) in [6, 6.07) is 10.5. The third-order valence-electron chi connectivity index (χ3n) is 7.19. The van der Waals surface area contributed by atoms with Crippen LogP contribution in [0.25, 0.3) is 10.9 Å². The summed E-state index contributed by atoms with van der Waals surface area (Å²) in [5, 5.41) is 1.14. The molecule has 5 rings (SSSR count). The van der Waals surface area contributed by atoms with E-state index in [4.69, 9.17) is 4.74 Å². The molecule has 0 saturated carbocycles. The summed E-state index contributed by atoms with van der Waals surface area (Å²) in [5.41, 5.74) is 3.19. The zero-order chi connectivity index (χ0) is 24.0. The average Bonchev–Trinajstić information content (AvgIpc) is 3.11. The molecule has 2 aliphatic rings. The number of halogens is 2. The van der Waals surface area contributed by atoms with Crippen LogP contribution in [0.1, 0.15) is 57.0 Å². The lowest BCUT2D eigenvalue weighted by atomic mass is 9.87. The molecule has 4 nitrogen and oxygen atoms in total. The van der Waals surface area contributed by atoms with Crippen molar-refractivity contribution in [3.63, 3.8) is 0 Å². The van der Waals surface area contributed by atoms with Gasteiger partial charge in [-0.25, -0.2) is 8.78 Å². The Morgan fingerprint density at radius 2 is 1.82 bits per heavy atom. The van der Waals surface area contributed by atoms with Crippen molar-refractivity contribution >= 4 is 10.9 Å². The minimum atomic E-state index is -0.544. The van der Waals surface area contributed by atoms with E-state index >= 15 is 8.78 Å². The highest BCUT2D eigenvalue weighted by Crippen LogP contribution is 2.43. The second kappa shape index (κ2) is 9.31. The number of fused-ring (bicyclic) bond motifs is 3. The van der Waals surface area contributed by atoms with E-state index in [1.54, 1.807) is 0 Å². The van der Waals surface area contributed by atoms with Crippen LogP contribution in [0, 0.1) is 17.6 Å². The predicted molar refractivity (Wildman–Crippen MR) is 132 cm³/mol. The van der Waals surface area contributed by atoms with Crippen molar-refractivity contribution < 1.29 is 13.5 Å². The number of ether oxygens (including phenoxy) is 1. The molecule has 0 spiro atoms. The minimum absolute atomic E-state index is 0.0105. The summed E-state index contributed by atoms with van der Waals surface area (Å²) in [6.07, 6.45) is 1.93. The first-order valence-corrected chi connectivity index (χ1v) is 12.6. The zero-order valence-electron chi connectivity index (χ0n) is 20.6. The van der Waals surface area contributed by atoms with E-state index in [0.717, 1.165) is 61.2 Å². The number of nitrogens with one attached hydrogen (secondary N) is 1. The molecule has 1 aromatic heterocycles. The van der Waals surface area contributed by atoms with Crippen molar-refractivity contribution in [3.8, 4) is 5.75 Å². The van der Waals surface area contributed by atoms with Crippen molar-refractivity contribution in [3.05, 3.63) is 64.9 Å². The van der Waals surface area contributed by atoms with E-state index in [1.807, 2.05) is 18.2 Å². The summed E-state index contributed by atoms with van der Waals surface area (Å²) in [7, 11) is 0. The Bertz CT molecular complexity index is 1140. The molecule has 1 fully saturated rings. The number of hydrogen-bond donors (Lipinski definition) is 1. The van der Waals surface area contributed by atoms with Crippen molar-refractivity contribution in [2.45, 2.75) is 58.7 Å². The van der Waals surface area contributed by atoms with Gasteiger partial charge in [-0.05, 0) is 43.9 Å². The van der Waals surface area contributed by atoms with Crippen LogP contribution in [0.15, 0.2) is 36.4 Å². The van der Waals surface area contributed by atoms with E-state index in [-0.39, 0.29) is 23.5 Å². The molecule has 1 saturated heterocycles. The Morgan fingerprint density at radius 1 is 1.12 bits per heavy atom. The van der Waals surface area contributed by atoms with Gasteiger partial charge in [0.15, 0.2) is 0 Å². The highest BCUT2D eigenvalue weighted by molar-refractivity contribution is 5.85. The van der Waals surface area contributed by atoms with Gasteiger partial charge in [0.2, 0.25) is 0 Å². The zero-order valence-corrected chi connectivity index (χ0v) is 20.6. The highest BCUT2D eigenvalue weighted by atomic mass is 19.1. The molecule has 6 heteroatoms. The molecule has 0 aliphatic carbocycles. The first-order chi connectivity index (χ1) is 16.4. The van der Waals surface area contributed by atoms with Crippen LogP contribution < -0.4 is 4.74 Å². The molecular weight excluding hydrogens is 432 g/mol. The normalized spacial score (nSPS) is 21.7. The minimum Gasteiger partial charge on any atom is -0.488 e. The number of benzene rings is 2. The van der Waals surface area contributed by atoms with Crippen LogP contribution in [0.2, 0.25) is 0 Å². The molecule has 2 aliphatic heterocycles. The molecule has 1 unspecified atom stereocenters. The molecule has 182 valence electrons. The molecule has 2 aromatic carbocycles. The standard InChI is InChI=1S/C28H35F2N3O/c1-5-10-32-15-20(16-32)34-19-12-23(29)26(24(30)13-19)28-27-22(11-18(4)33(28)14-17(2)3)21-8-6-7-9-25(21)31-27/h6-9,12-13,17-18,20,28,31H,5,10-11,14-16H2,1-4H3/t18?,28-/m1/s1. The van der Waals surface area contributed by atoms with E-state index in [9.17, 15) is 0 Å². The molecule has 3 heterocycles. The monoisotopic (exact) mass is 467 g/mol. The summed E-state index contributed by atoms with van der Waals surface area (Å²) in [4.78, 5) is 8.05. The van der Waals surface area contributed by atoms with Gasteiger partial charge in [-0.3, -0.25) is 9.80 Å². The smallest absolute Gasteiger partial charge is 0.135 e. The number of aromatic amines is 1. The largest absolute Gasteiger partial charge is 0.488 e. The summed E-state index contributed by atoms with van der Waals surface area (Å²) in [6.45, 7) is 12.0. The van der Waals surface area contributed by atoms with Crippen LogP contribution in [-0.2, 0) is 6.42 Å². The Hall–Kier alpha value is -2.44. The number of H-pyrrole nitrogens is 1. The van der Waals surface area contributed by atoms with Gasteiger partial charge in [-0.15, -0.1) is 0 Å². The molecule has 34 heavy (non-hydrogen) atoms. The van der Waals surface area contributed by atoms with Gasteiger partial charge in [0.1, 0.15) is 23.5 Å². The second-order valence-corrected chi connectivity index (χ2v) is 10.4. The maximum atomic E-state index is 15.7. The Labute approximate surface area is 200 Å². The predicted octanol–water partition coefficient (Wildman–Crippen LogP) is 5.91. The quantitative estimate of drug-likeness (QED) is 0.469. The number of hydrogen-bond acceptors (Lipinski definition) is 3. The summed E-state index contributed by atoms with van der Waals surface area (Å²) >= 11 is 0. The molecular formula is C28H35F2N3O. The van der Waals surface area contributed by atoms with Crippen molar-refractivity contribution in [2.24, 2.45) is 5.92 Å². The molecule has 1 N–H and O–H groups in total. The first-order valence-electron chi connectivity index (χ1n) is 12.6. The lowest BCUT2D eigenvalue weighted by Crippen LogP contribution is -2.53. The van der Waals surface area contributed by atoms with Gasteiger partial charge >= 0.3 is 0 Å². The number of likely N-dealkylation sites (tertiary alicyclic amines) is 1. The number of rotatable bonds is 7. The topological polar surface area (TPSA) is 31.5 Å². The van der Waals surface area contributed by atoms with Gasteiger partial charge in [0.25, 0.3) is 0 Å². The summed E-state index contributed by atoms with van der Waals surface area (Å²) < 4.78 is 37.3. The Balaban J connectivity index is 1.52. The van der Waals surface area contributed by atoms with Crippen molar-refractivity contribution in [1.82, 2.24) is 14.8 Å². The van der Waals surface area contributed by atoms with Crippen molar-refractivity contribution in [1.29, 1.82) is 0 Å². The van der Waals surface area contributed by atoms with Crippen LogP contribution in [0.4, 0.5) is 8.78 Å². The number of para-hydroxylation sites is 1. The third-order valence-corrected chi connectivity index (χ3v) is 7.19. The average molecular weight is 468 g/mol. The molecule has 0 amide bonds. The van der Waals surface area contributed by atoms with Gasteiger partial charge < -0.3 is 9.72 Å². The third kappa shape index (κ3) is 4.22. The Morgan fingerprint density at radius 3 is 2.50 bits per heavy atom. The lowest BCUT2D eigenvalue weighted by molar-refractivity contribution is 0.0198. The summed E-state index contributed by atoms with van der Waals surface area (Å²) in [5.74, 6) is -0.445. The van der Waals surface area contributed by atoms with Crippen LogP contribution in [0.3, 0.4) is 0 Å². The highest BCUT2D eigenvalue weighted by Gasteiger charge is 2.39. The van der Waals surface area contributed by atoms with Crippen LogP contribution in [-0.4, -0.2) is 53.1 Å². The SMILES string of the molecule is CCCN1CC(Oc2cc(F)c([C@@H]3c4[nH]c5ccccc5c4CC(C)N3CC(C)C)c(F)c2)C1. The number of aromatic nitrogens is 1. The van der Waals surface area contributed by atoms with Crippen LogP contribution in [0.5, 0.6) is 5.75 Å². The van der Waals surface area contributed by atoms with Gasteiger partial charge in [-0.1, -0.05) is 39.0 Å². The molecule has 0 bridgehead atoms. The van der Waals surface area contributed by atoms with E-state index < -0.39 is 17.7 Å². The Kier molecular flexibility index (Phi) is 6.38. The van der Waals surface area contributed by atoms with Gasteiger partial charge in [0.05, 0.1) is 6.04 Å². The van der Waals surface area contributed by atoms with E-state index in [0.29, 0.717) is 5.92 Å². The van der Waals surface area contributed by atoms with E-state index in [1.165, 1.54) is 12.1 Å². The van der Waals surface area contributed by atoms with Crippen LogP contribution >= 0.6 is 0 Å². The second-order valence-electron chi connectivity index (χ2n) is 10.4. The van der Waals surface area contributed by atoms with Gasteiger partial charge in [-0.2, -0.15) is 0 Å². The lowest BCUT2D eigenvalue weighted by Gasteiger charge is -2.42. The first kappa shape index (κ1) is 23.3. The maximum Gasteiger partial charge on any atom is 0.135 e.